The molecule has 0 spiro atoms. The van der Waals surface area contributed by atoms with Crippen molar-refractivity contribution in [3.05, 3.63) is 0 Å². The summed E-state index contributed by atoms with van der Waals surface area (Å²) in [5.41, 5.74) is -0.330. The molecule has 1 aliphatic heterocycles. The summed E-state index contributed by atoms with van der Waals surface area (Å²) in [5.74, 6) is 1.10. The highest BCUT2D eigenvalue weighted by Crippen LogP contribution is 2.37. The molecule has 2 aliphatic rings. The van der Waals surface area contributed by atoms with Crippen molar-refractivity contribution >= 4 is 11.9 Å². The van der Waals surface area contributed by atoms with Gasteiger partial charge in [-0.05, 0) is 31.6 Å². The van der Waals surface area contributed by atoms with Crippen LogP contribution in [-0.4, -0.2) is 28.9 Å². The molecule has 96 valence electrons. The van der Waals surface area contributed by atoms with Crippen LogP contribution in [-0.2, 0) is 0 Å². The van der Waals surface area contributed by atoms with E-state index in [1.165, 1.54) is 12.8 Å². The van der Waals surface area contributed by atoms with Crippen LogP contribution < -0.4 is 5.32 Å². The second-order valence-electron chi connectivity index (χ2n) is 5.39. The predicted molar refractivity (Wildman–Crippen MR) is 68.2 cm³/mol. The first-order valence-corrected chi connectivity index (χ1v) is 6.81. The lowest BCUT2D eigenvalue weighted by Crippen LogP contribution is -2.50. The summed E-state index contributed by atoms with van der Waals surface area (Å²) >= 11 is 0. The number of nitrogens with one attached hydrogen (secondary N) is 2. The Morgan fingerprint density at radius 2 is 1.94 bits per heavy atom. The third kappa shape index (κ3) is 2.17. The Kier molecular flexibility index (Phi) is 3.40. The number of urea groups is 1. The highest BCUT2D eigenvalue weighted by molar-refractivity contribution is 6.08. The lowest BCUT2D eigenvalue weighted by Gasteiger charge is -2.36. The fourth-order valence-corrected chi connectivity index (χ4v) is 2.91. The van der Waals surface area contributed by atoms with Crippen LogP contribution in [0, 0.1) is 11.3 Å². The molecular formula is C13H23N3O. The lowest BCUT2D eigenvalue weighted by molar-refractivity contribution is 0.155. The molecule has 1 saturated carbocycles. The molecule has 2 N–H and O–H groups in total. The van der Waals surface area contributed by atoms with Crippen molar-refractivity contribution in [2.75, 3.05) is 6.54 Å². The van der Waals surface area contributed by atoms with Gasteiger partial charge >= 0.3 is 6.03 Å². The molecule has 0 unspecified atom stereocenters. The van der Waals surface area contributed by atoms with E-state index in [0.717, 1.165) is 32.2 Å². The number of rotatable bonds is 6. The van der Waals surface area contributed by atoms with Crippen molar-refractivity contribution in [3.63, 3.8) is 0 Å². The van der Waals surface area contributed by atoms with Crippen molar-refractivity contribution in [2.45, 2.75) is 57.9 Å². The summed E-state index contributed by atoms with van der Waals surface area (Å²) in [6.07, 6.45) is 6.32. The number of amidine groups is 1. The second-order valence-corrected chi connectivity index (χ2v) is 5.39. The van der Waals surface area contributed by atoms with Gasteiger partial charge in [0.25, 0.3) is 0 Å². The Labute approximate surface area is 103 Å². The molecule has 0 aromatic rings. The van der Waals surface area contributed by atoms with Crippen molar-refractivity contribution in [3.8, 4) is 0 Å². The number of amides is 2. The van der Waals surface area contributed by atoms with Crippen LogP contribution in [0.25, 0.3) is 0 Å². The van der Waals surface area contributed by atoms with Gasteiger partial charge in [-0.25, -0.2) is 4.79 Å². The zero-order valence-corrected chi connectivity index (χ0v) is 10.9. The number of carbonyl (C=O) groups is 1. The SMILES string of the molecule is CCCC1(CCC)C(=N)NC(=O)N1CC1CC1. The van der Waals surface area contributed by atoms with E-state index in [0.29, 0.717) is 11.8 Å². The minimum atomic E-state index is -0.330. The van der Waals surface area contributed by atoms with E-state index in [4.69, 9.17) is 5.41 Å². The summed E-state index contributed by atoms with van der Waals surface area (Å²) in [6.45, 7) is 5.10. The normalized spacial score (nSPS) is 23.1. The Hall–Kier alpha value is -1.06. The zero-order valence-electron chi connectivity index (χ0n) is 10.9. The van der Waals surface area contributed by atoms with E-state index in [9.17, 15) is 4.79 Å². The van der Waals surface area contributed by atoms with Gasteiger partial charge < -0.3 is 4.90 Å². The van der Waals surface area contributed by atoms with Gasteiger partial charge in [-0.2, -0.15) is 0 Å². The maximum absolute atomic E-state index is 12.0. The summed E-state index contributed by atoms with van der Waals surface area (Å²) < 4.78 is 0. The fraction of sp³-hybridized carbons (Fsp3) is 0.846. The molecule has 0 bridgehead atoms. The maximum atomic E-state index is 12.0. The molecule has 2 rings (SSSR count). The maximum Gasteiger partial charge on any atom is 0.323 e. The van der Waals surface area contributed by atoms with Crippen LogP contribution in [0.1, 0.15) is 52.4 Å². The smallest absolute Gasteiger partial charge is 0.311 e. The molecular weight excluding hydrogens is 214 g/mol. The van der Waals surface area contributed by atoms with E-state index in [-0.39, 0.29) is 11.6 Å². The third-order valence-electron chi connectivity index (χ3n) is 3.92. The number of carbonyl (C=O) groups excluding carboxylic acids is 1. The Morgan fingerprint density at radius 1 is 1.35 bits per heavy atom. The molecule has 1 heterocycles. The largest absolute Gasteiger partial charge is 0.323 e. The van der Waals surface area contributed by atoms with Gasteiger partial charge in [-0.1, -0.05) is 26.7 Å². The standard InChI is InChI=1S/C13H23N3O/c1-3-7-13(8-4-2)11(14)15-12(17)16(13)9-10-5-6-10/h10H,3-9H2,1-2H3,(H2,14,15,17). The first-order valence-electron chi connectivity index (χ1n) is 6.81. The van der Waals surface area contributed by atoms with Gasteiger partial charge in [0.05, 0.1) is 0 Å². The second kappa shape index (κ2) is 4.67. The molecule has 0 atom stereocenters. The molecule has 1 aliphatic carbocycles. The average Bonchev–Trinajstić information content (AvgIpc) is 3.05. The predicted octanol–water partition coefficient (Wildman–Crippen LogP) is 2.74. The van der Waals surface area contributed by atoms with E-state index >= 15 is 0 Å². The Balaban J connectivity index is 2.21. The zero-order chi connectivity index (χ0) is 12.5. The third-order valence-corrected chi connectivity index (χ3v) is 3.92. The van der Waals surface area contributed by atoms with Gasteiger partial charge in [0.2, 0.25) is 0 Å². The highest BCUT2D eigenvalue weighted by atomic mass is 16.2. The molecule has 2 fully saturated rings. The van der Waals surface area contributed by atoms with Crippen LogP contribution in [0.3, 0.4) is 0 Å². The average molecular weight is 237 g/mol. The van der Waals surface area contributed by atoms with E-state index in [2.05, 4.69) is 19.2 Å². The molecule has 4 heteroatoms. The molecule has 0 aromatic carbocycles. The summed E-state index contributed by atoms with van der Waals surface area (Å²) in [5, 5.41) is 10.8. The van der Waals surface area contributed by atoms with Crippen LogP contribution in [0.4, 0.5) is 4.79 Å². The summed E-state index contributed by atoms with van der Waals surface area (Å²) in [4.78, 5) is 13.9. The minimum Gasteiger partial charge on any atom is -0.311 e. The topological polar surface area (TPSA) is 56.2 Å². The Bertz CT molecular complexity index is 317. The molecule has 17 heavy (non-hydrogen) atoms. The van der Waals surface area contributed by atoms with Gasteiger partial charge in [-0.15, -0.1) is 0 Å². The van der Waals surface area contributed by atoms with Crippen LogP contribution >= 0.6 is 0 Å². The number of nitrogens with zero attached hydrogens (tertiary/aromatic N) is 1. The monoisotopic (exact) mass is 237 g/mol. The van der Waals surface area contributed by atoms with Crippen LogP contribution in [0.5, 0.6) is 0 Å². The van der Waals surface area contributed by atoms with Crippen molar-refractivity contribution < 1.29 is 4.79 Å². The van der Waals surface area contributed by atoms with Crippen molar-refractivity contribution in [1.82, 2.24) is 10.2 Å². The van der Waals surface area contributed by atoms with Crippen LogP contribution in [0.15, 0.2) is 0 Å². The first-order chi connectivity index (χ1) is 8.14. The quantitative estimate of drug-likeness (QED) is 0.733. The van der Waals surface area contributed by atoms with E-state index < -0.39 is 0 Å². The molecule has 4 nitrogen and oxygen atoms in total. The van der Waals surface area contributed by atoms with Gasteiger partial charge in [0.1, 0.15) is 11.4 Å². The Morgan fingerprint density at radius 3 is 2.41 bits per heavy atom. The van der Waals surface area contributed by atoms with E-state index in [1.54, 1.807) is 0 Å². The summed E-state index contributed by atoms with van der Waals surface area (Å²) in [7, 11) is 0. The van der Waals surface area contributed by atoms with Crippen molar-refractivity contribution in [1.29, 1.82) is 5.41 Å². The highest BCUT2D eigenvalue weighted by Gasteiger charge is 2.49. The summed E-state index contributed by atoms with van der Waals surface area (Å²) in [6, 6.07) is -0.0520. The number of hydrogen-bond acceptors (Lipinski definition) is 2. The van der Waals surface area contributed by atoms with Crippen molar-refractivity contribution in [2.24, 2.45) is 5.92 Å². The molecule has 2 amide bonds. The van der Waals surface area contributed by atoms with Crippen LogP contribution in [0.2, 0.25) is 0 Å². The van der Waals surface area contributed by atoms with Gasteiger partial charge in [0, 0.05) is 6.54 Å². The van der Waals surface area contributed by atoms with Gasteiger partial charge in [-0.3, -0.25) is 10.7 Å². The molecule has 0 aromatic heterocycles. The molecule has 1 saturated heterocycles. The number of hydrogen-bond donors (Lipinski definition) is 2. The molecule has 0 radical (unpaired) electrons. The first kappa shape index (κ1) is 12.4. The van der Waals surface area contributed by atoms with Gasteiger partial charge in [0.15, 0.2) is 0 Å². The van der Waals surface area contributed by atoms with E-state index in [1.807, 2.05) is 4.90 Å². The lowest BCUT2D eigenvalue weighted by atomic mass is 9.86. The minimum absolute atomic E-state index is 0.0520. The fourth-order valence-electron chi connectivity index (χ4n) is 2.91.